The molecule has 1 aromatic heterocycles. The second-order valence-corrected chi connectivity index (χ2v) is 8.99. The summed E-state index contributed by atoms with van der Waals surface area (Å²) in [5.74, 6) is 0.475. The maximum atomic E-state index is 13.5. The third-order valence-corrected chi connectivity index (χ3v) is 6.05. The quantitative estimate of drug-likeness (QED) is 0.559. The zero-order valence-electron chi connectivity index (χ0n) is 21.7. The highest BCUT2D eigenvalue weighted by Gasteiger charge is 2.39. The highest BCUT2D eigenvalue weighted by atomic mass is 16.2. The normalized spacial score (nSPS) is 16.1. The molecule has 1 N–H and O–H groups in total. The molecule has 6 heteroatoms. The summed E-state index contributed by atoms with van der Waals surface area (Å²) in [5.41, 5.74) is 2.25. The molecule has 1 aromatic rings. The third-order valence-electron chi connectivity index (χ3n) is 6.05. The molecule has 34 heavy (non-hydrogen) atoms. The van der Waals surface area contributed by atoms with Crippen LogP contribution >= 0.6 is 0 Å². The molecule has 2 rings (SSSR count). The van der Waals surface area contributed by atoms with Crippen LogP contribution in [-0.4, -0.2) is 51.4 Å². The van der Waals surface area contributed by atoms with Gasteiger partial charge in [0.2, 0.25) is 0 Å². The molecule has 2 heterocycles. The number of aryl methyl sites for hydroxylation is 1. The van der Waals surface area contributed by atoms with Crippen LogP contribution in [0.1, 0.15) is 63.0 Å². The molecule has 1 fully saturated rings. The van der Waals surface area contributed by atoms with E-state index in [4.69, 9.17) is 0 Å². The van der Waals surface area contributed by atoms with Crippen molar-refractivity contribution in [3.63, 3.8) is 0 Å². The predicted molar refractivity (Wildman–Crippen MR) is 140 cm³/mol. The molecular formula is C28H41N5O. The summed E-state index contributed by atoms with van der Waals surface area (Å²) in [4.78, 5) is 26.0. The first kappa shape index (κ1) is 27.1. The van der Waals surface area contributed by atoms with Gasteiger partial charge in [0.15, 0.2) is 0 Å². The van der Waals surface area contributed by atoms with Gasteiger partial charge in [-0.3, -0.25) is 4.79 Å². The second-order valence-electron chi connectivity index (χ2n) is 8.99. The van der Waals surface area contributed by atoms with Gasteiger partial charge in [-0.2, -0.15) is 0 Å². The Morgan fingerprint density at radius 1 is 1.26 bits per heavy atom. The maximum absolute atomic E-state index is 13.5. The van der Waals surface area contributed by atoms with Crippen LogP contribution < -0.4 is 5.32 Å². The number of carbonyl (C=O) groups is 1. The number of aromatic nitrogens is 2. The topological polar surface area (TPSA) is 61.4 Å². The zero-order valence-corrected chi connectivity index (χ0v) is 21.7. The van der Waals surface area contributed by atoms with E-state index >= 15 is 0 Å². The number of allylic oxidation sites excluding steroid dienone is 3. The Balaban J connectivity index is 2.32. The van der Waals surface area contributed by atoms with Crippen molar-refractivity contribution in [1.82, 2.24) is 25.1 Å². The van der Waals surface area contributed by atoms with E-state index < -0.39 is 0 Å². The van der Waals surface area contributed by atoms with Crippen LogP contribution in [0.4, 0.5) is 0 Å². The van der Waals surface area contributed by atoms with Crippen LogP contribution in [0.15, 0.2) is 73.1 Å². The standard InChI is InChI=1S/C28H41N5O/c1-7-9-19-32(6)26(8-2)28(31-18-14-23(3)4)15-20-33(21-16-28)27(34)25-13-11-10-12-17-29-22-30-24(25)5/h8-14,17-19,22-23,31H,7,15-16,20-21H2,1-6H3/b11-10?,12-10?,13-11?,17-12?,18-14+,19-9+,25-13?,25-24?,26-8-,29-17?,29-22?,30-22?,30-24?. The van der Waals surface area contributed by atoms with E-state index in [0.717, 1.165) is 19.3 Å². The van der Waals surface area contributed by atoms with Gasteiger partial charge in [0.1, 0.15) is 6.33 Å². The summed E-state index contributed by atoms with van der Waals surface area (Å²) in [7, 11) is 2.10. The number of hydrogen-bond acceptors (Lipinski definition) is 5. The number of nitrogens with zero attached hydrogens (tertiary/aromatic N) is 4. The van der Waals surface area contributed by atoms with Crippen LogP contribution in [0.2, 0.25) is 0 Å². The van der Waals surface area contributed by atoms with Gasteiger partial charge in [0.05, 0.1) is 16.8 Å². The molecular weight excluding hydrogens is 422 g/mol. The Bertz CT molecular complexity index is 941. The number of rotatable bonds is 8. The molecule has 0 radical (unpaired) electrons. The first-order valence-electron chi connectivity index (χ1n) is 12.2. The smallest absolute Gasteiger partial charge is 0.255 e. The largest absolute Gasteiger partial charge is 0.380 e. The Morgan fingerprint density at radius 2 is 2.00 bits per heavy atom. The SMILES string of the molecule is C/C=C(\N(C)/C=C/CC)C1(N/C=C/C(C)C)CCN(C(=O)c2cccccncnc2C)CC1. The first-order valence-corrected chi connectivity index (χ1v) is 12.2. The number of carbonyl (C=O) groups excluding carboxylic acids is 1. The van der Waals surface area contributed by atoms with Crippen LogP contribution in [0.25, 0.3) is 0 Å². The van der Waals surface area contributed by atoms with E-state index in [9.17, 15) is 4.79 Å². The van der Waals surface area contributed by atoms with Gasteiger partial charge in [-0.15, -0.1) is 0 Å². The van der Waals surface area contributed by atoms with E-state index in [1.807, 2.05) is 36.1 Å². The van der Waals surface area contributed by atoms with Gasteiger partial charge in [0, 0.05) is 32.0 Å². The Labute approximate surface area is 205 Å². The lowest BCUT2D eigenvalue weighted by atomic mass is 9.83. The molecule has 184 valence electrons. The average Bonchev–Trinajstić information content (AvgIpc) is 2.82. The van der Waals surface area contributed by atoms with Crippen molar-refractivity contribution in [2.45, 2.75) is 59.4 Å². The first-order chi connectivity index (χ1) is 16.3. The lowest BCUT2D eigenvalue weighted by Gasteiger charge is -2.46. The lowest BCUT2D eigenvalue weighted by Crippen LogP contribution is -2.56. The number of amides is 1. The lowest BCUT2D eigenvalue weighted by molar-refractivity contribution is 0.0662. The van der Waals surface area contributed by atoms with Gasteiger partial charge in [-0.25, -0.2) is 9.97 Å². The Kier molecular flexibility index (Phi) is 10.8. The van der Waals surface area contributed by atoms with E-state index in [-0.39, 0.29) is 11.4 Å². The van der Waals surface area contributed by atoms with Gasteiger partial charge < -0.3 is 15.1 Å². The number of likely N-dealkylation sites (N-methyl/N-ethyl adjacent to an activating group) is 1. The molecule has 0 unspecified atom stereocenters. The van der Waals surface area contributed by atoms with E-state index in [1.165, 1.54) is 12.0 Å². The van der Waals surface area contributed by atoms with Crippen molar-refractivity contribution in [3.8, 4) is 0 Å². The molecule has 6 nitrogen and oxygen atoms in total. The highest BCUT2D eigenvalue weighted by molar-refractivity contribution is 5.95. The molecule has 1 aliphatic rings. The van der Waals surface area contributed by atoms with Crippen molar-refractivity contribution in [2.75, 3.05) is 20.1 Å². The minimum absolute atomic E-state index is 0.0106. The van der Waals surface area contributed by atoms with Gasteiger partial charge in [0.25, 0.3) is 5.91 Å². The van der Waals surface area contributed by atoms with Gasteiger partial charge in [-0.05, 0) is 63.6 Å². The van der Waals surface area contributed by atoms with E-state index in [1.54, 1.807) is 6.20 Å². The monoisotopic (exact) mass is 463 g/mol. The van der Waals surface area contributed by atoms with Crippen molar-refractivity contribution in [2.24, 2.45) is 5.92 Å². The fourth-order valence-electron chi connectivity index (χ4n) is 4.19. The molecule has 0 aliphatic carbocycles. The van der Waals surface area contributed by atoms with Crippen molar-refractivity contribution < 1.29 is 4.79 Å². The van der Waals surface area contributed by atoms with Crippen molar-refractivity contribution >= 4 is 5.91 Å². The molecule has 0 atom stereocenters. The van der Waals surface area contributed by atoms with Crippen LogP contribution in [-0.2, 0) is 0 Å². The zero-order chi connectivity index (χ0) is 25.0. The maximum Gasteiger partial charge on any atom is 0.255 e. The molecule has 1 saturated heterocycles. The second kappa shape index (κ2) is 13.5. The predicted octanol–water partition coefficient (Wildman–Crippen LogP) is 5.40. The minimum Gasteiger partial charge on any atom is -0.380 e. The van der Waals surface area contributed by atoms with Crippen molar-refractivity contribution in [3.05, 3.63) is 84.4 Å². The minimum atomic E-state index is -0.241. The molecule has 1 amide bonds. The Morgan fingerprint density at radius 3 is 2.65 bits per heavy atom. The third kappa shape index (κ3) is 7.44. The summed E-state index contributed by atoms with van der Waals surface area (Å²) >= 11 is 0. The molecule has 0 bridgehead atoms. The van der Waals surface area contributed by atoms with Crippen molar-refractivity contribution in [1.29, 1.82) is 0 Å². The molecule has 0 saturated carbocycles. The number of hydrogen-bond donors (Lipinski definition) is 1. The van der Waals surface area contributed by atoms with Crippen LogP contribution in [0, 0.1) is 12.8 Å². The fraction of sp³-hybridized carbons (Fsp3) is 0.464. The van der Waals surface area contributed by atoms with Crippen LogP contribution in [0.3, 0.4) is 0 Å². The number of nitrogens with one attached hydrogen (secondary N) is 1. The summed E-state index contributed by atoms with van der Waals surface area (Å²) in [6, 6.07) is 7.40. The fourth-order valence-corrected chi connectivity index (χ4v) is 4.19. The summed E-state index contributed by atoms with van der Waals surface area (Å²) < 4.78 is 0. The summed E-state index contributed by atoms with van der Waals surface area (Å²) in [5, 5.41) is 3.72. The number of likely N-dealkylation sites (tertiary alicyclic amines) is 1. The van der Waals surface area contributed by atoms with Gasteiger partial charge >= 0.3 is 0 Å². The highest BCUT2D eigenvalue weighted by Crippen LogP contribution is 2.32. The van der Waals surface area contributed by atoms with Crippen LogP contribution in [0.5, 0.6) is 0 Å². The molecule has 0 spiro atoms. The summed E-state index contributed by atoms with van der Waals surface area (Å²) in [6.07, 6.45) is 16.5. The van der Waals surface area contributed by atoms with Gasteiger partial charge in [-0.1, -0.05) is 51.1 Å². The average molecular weight is 464 g/mol. The van der Waals surface area contributed by atoms with E-state index in [2.05, 4.69) is 85.6 Å². The number of piperidine rings is 1. The Hall–Kier alpha value is -3.15. The summed E-state index contributed by atoms with van der Waals surface area (Å²) in [6.45, 7) is 11.7. The molecule has 0 aromatic carbocycles. The van der Waals surface area contributed by atoms with E-state index in [0.29, 0.717) is 30.3 Å². The molecule has 1 aliphatic heterocycles.